The van der Waals surface area contributed by atoms with Crippen LogP contribution in [0.1, 0.15) is 5.01 Å². The molecule has 0 saturated carbocycles. The number of fused-ring (bicyclic) bond motifs is 1. The van der Waals surface area contributed by atoms with Gasteiger partial charge in [-0.1, -0.05) is 0 Å². The largest absolute Gasteiger partial charge is 0.444 e. The number of thiazole rings is 1. The number of aromatic nitrogens is 3. The number of hydrogen-bond acceptors (Lipinski definition) is 7. The lowest BCUT2D eigenvalue weighted by Gasteiger charge is -1.96. The molecule has 0 aliphatic rings. The Morgan fingerprint density at radius 3 is 2.74 bits per heavy atom. The van der Waals surface area contributed by atoms with Gasteiger partial charge in [-0.3, -0.25) is 4.98 Å². The summed E-state index contributed by atoms with van der Waals surface area (Å²) in [4.78, 5) is 12.5. The summed E-state index contributed by atoms with van der Waals surface area (Å²) in [5.74, 6) is 0.733. The molecule has 0 atom stereocenters. The summed E-state index contributed by atoms with van der Waals surface area (Å²) in [6, 6.07) is 9.54. The molecular formula is C16H11N5OS. The summed E-state index contributed by atoms with van der Waals surface area (Å²) in [7, 11) is 0. The molecular weight excluding hydrogens is 310 g/mol. The van der Waals surface area contributed by atoms with Crippen molar-refractivity contribution in [2.75, 3.05) is 0 Å². The SMILES string of the molecule is c1cc2nc(CN=Nc3ccc(-c4cnco4)cc3)sc2cn1. The number of rotatable bonds is 4. The van der Waals surface area contributed by atoms with Gasteiger partial charge in [0.15, 0.2) is 12.2 Å². The molecule has 0 saturated heterocycles. The van der Waals surface area contributed by atoms with Crippen LogP contribution in [0, 0.1) is 0 Å². The molecule has 0 N–H and O–H groups in total. The van der Waals surface area contributed by atoms with Gasteiger partial charge in [-0.2, -0.15) is 10.2 Å². The minimum Gasteiger partial charge on any atom is -0.444 e. The third-order valence-electron chi connectivity index (χ3n) is 3.21. The van der Waals surface area contributed by atoms with Crippen molar-refractivity contribution < 1.29 is 4.42 Å². The average molecular weight is 321 g/mol. The molecule has 0 fully saturated rings. The molecule has 0 radical (unpaired) electrons. The number of nitrogens with zero attached hydrogens (tertiary/aromatic N) is 5. The Kier molecular flexibility index (Phi) is 3.61. The third-order valence-corrected chi connectivity index (χ3v) is 4.20. The van der Waals surface area contributed by atoms with E-state index in [0.29, 0.717) is 6.54 Å². The van der Waals surface area contributed by atoms with E-state index in [9.17, 15) is 0 Å². The van der Waals surface area contributed by atoms with E-state index >= 15 is 0 Å². The Morgan fingerprint density at radius 1 is 1.04 bits per heavy atom. The van der Waals surface area contributed by atoms with Crippen molar-refractivity contribution in [1.82, 2.24) is 15.0 Å². The van der Waals surface area contributed by atoms with Crippen LogP contribution in [-0.2, 0) is 6.54 Å². The maximum absolute atomic E-state index is 5.25. The molecule has 3 heterocycles. The van der Waals surface area contributed by atoms with Gasteiger partial charge in [0.1, 0.15) is 11.6 Å². The highest BCUT2D eigenvalue weighted by molar-refractivity contribution is 7.18. The second kappa shape index (κ2) is 6.05. The quantitative estimate of drug-likeness (QED) is 0.513. The molecule has 23 heavy (non-hydrogen) atoms. The van der Waals surface area contributed by atoms with Crippen LogP contribution in [0.2, 0.25) is 0 Å². The van der Waals surface area contributed by atoms with E-state index in [-0.39, 0.29) is 0 Å². The smallest absolute Gasteiger partial charge is 0.181 e. The van der Waals surface area contributed by atoms with Crippen LogP contribution < -0.4 is 0 Å². The van der Waals surface area contributed by atoms with E-state index in [1.54, 1.807) is 23.7 Å². The molecule has 0 unspecified atom stereocenters. The van der Waals surface area contributed by atoms with Gasteiger partial charge in [0.25, 0.3) is 0 Å². The van der Waals surface area contributed by atoms with E-state index in [2.05, 4.69) is 25.2 Å². The Labute approximate surface area is 135 Å². The second-order valence-electron chi connectivity index (χ2n) is 4.76. The molecule has 4 aromatic rings. The van der Waals surface area contributed by atoms with Crippen LogP contribution in [0.3, 0.4) is 0 Å². The van der Waals surface area contributed by atoms with E-state index in [0.717, 1.165) is 32.2 Å². The Hall–Kier alpha value is -2.93. The predicted molar refractivity (Wildman–Crippen MR) is 87.6 cm³/mol. The molecule has 112 valence electrons. The number of pyridine rings is 1. The van der Waals surface area contributed by atoms with Crippen molar-refractivity contribution in [3.63, 3.8) is 0 Å². The molecule has 3 aromatic heterocycles. The highest BCUT2D eigenvalue weighted by Crippen LogP contribution is 2.24. The highest BCUT2D eigenvalue weighted by Gasteiger charge is 2.03. The van der Waals surface area contributed by atoms with Crippen LogP contribution in [-0.4, -0.2) is 15.0 Å². The third kappa shape index (κ3) is 3.00. The molecule has 4 rings (SSSR count). The van der Waals surface area contributed by atoms with Crippen LogP contribution in [0.5, 0.6) is 0 Å². The lowest BCUT2D eigenvalue weighted by Crippen LogP contribution is -1.77. The lowest BCUT2D eigenvalue weighted by atomic mass is 10.2. The Balaban J connectivity index is 1.46. The molecule has 7 heteroatoms. The van der Waals surface area contributed by atoms with Crippen molar-refractivity contribution in [2.45, 2.75) is 6.54 Å². The normalized spacial score (nSPS) is 11.5. The van der Waals surface area contributed by atoms with Gasteiger partial charge >= 0.3 is 0 Å². The fourth-order valence-electron chi connectivity index (χ4n) is 2.12. The first-order valence-corrected chi connectivity index (χ1v) is 7.76. The van der Waals surface area contributed by atoms with Crippen molar-refractivity contribution in [1.29, 1.82) is 0 Å². The minimum atomic E-state index is 0.462. The van der Waals surface area contributed by atoms with Gasteiger partial charge in [-0.25, -0.2) is 9.97 Å². The highest BCUT2D eigenvalue weighted by atomic mass is 32.1. The fourth-order valence-corrected chi connectivity index (χ4v) is 2.98. The Bertz CT molecular complexity index is 911. The van der Waals surface area contributed by atoms with Crippen LogP contribution >= 0.6 is 11.3 Å². The molecule has 0 spiro atoms. The lowest BCUT2D eigenvalue weighted by molar-refractivity contribution is 0.572. The minimum absolute atomic E-state index is 0.462. The van der Waals surface area contributed by atoms with Crippen LogP contribution in [0.4, 0.5) is 5.69 Å². The van der Waals surface area contributed by atoms with E-state index in [1.807, 2.05) is 36.5 Å². The Morgan fingerprint density at radius 2 is 1.96 bits per heavy atom. The number of oxazole rings is 1. The van der Waals surface area contributed by atoms with Gasteiger partial charge in [0, 0.05) is 18.0 Å². The van der Waals surface area contributed by atoms with E-state index in [4.69, 9.17) is 4.42 Å². The van der Waals surface area contributed by atoms with Gasteiger partial charge in [0.2, 0.25) is 0 Å². The van der Waals surface area contributed by atoms with Gasteiger partial charge in [0.05, 0.1) is 22.1 Å². The molecule has 6 nitrogen and oxygen atoms in total. The predicted octanol–water partition coefficient (Wildman–Crippen LogP) is 4.63. The van der Waals surface area contributed by atoms with Crippen molar-refractivity contribution in [3.8, 4) is 11.3 Å². The summed E-state index contributed by atoms with van der Waals surface area (Å²) < 4.78 is 6.31. The zero-order valence-electron chi connectivity index (χ0n) is 12.0. The summed E-state index contributed by atoms with van der Waals surface area (Å²) in [6.45, 7) is 0.462. The van der Waals surface area contributed by atoms with Crippen molar-refractivity contribution in [2.24, 2.45) is 10.2 Å². The van der Waals surface area contributed by atoms with Crippen LogP contribution in [0.25, 0.3) is 21.5 Å². The van der Waals surface area contributed by atoms with Crippen molar-refractivity contribution >= 4 is 27.2 Å². The monoisotopic (exact) mass is 321 g/mol. The molecule has 0 bridgehead atoms. The zero-order chi connectivity index (χ0) is 15.5. The standard InChI is InChI=1S/C16H11N5OS/c1-3-12(4-2-11(1)14-7-18-10-22-14)21-19-9-16-20-13-5-6-17-8-15(13)23-16/h1-8,10H,9H2. The molecule has 0 amide bonds. The maximum Gasteiger partial charge on any atom is 0.181 e. The summed E-state index contributed by atoms with van der Waals surface area (Å²) in [5.41, 5.74) is 2.70. The first-order chi connectivity index (χ1) is 11.4. The van der Waals surface area contributed by atoms with Gasteiger partial charge in [-0.05, 0) is 30.3 Å². The number of benzene rings is 1. The first-order valence-electron chi connectivity index (χ1n) is 6.94. The summed E-state index contributed by atoms with van der Waals surface area (Å²) >= 11 is 1.59. The van der Waals surface area contributed by atoms with E-state index in [1.165, 1.54) is 6.39 Å². The molecule has 1 aromatic carbocycles. The summed E-state index contributed by atoms with van der Waals surface area (Å²) in [6.07, 6.45) is 6.65. The topological polar surface area (TPSA) is 76.5 Å². The van der Waals surface area contributed by atoms with E-state index < -0.39 is 0 Å². The maximum atomic E-state index is 5.25. The second-order valence-corrected chi connectivity index (χ2v) is 5.88. The fraction of sp³-hybridized carbons (Fsp3) is 0.0625. The molecule has 0 aliphatic carbocycles. The average Bonchev–Trinajstić information content (AvgIpc) is 3.25. The zero-order valence-corrected chi connectivity index (χ0v) is 12.8. The van der Waals surface area contributed by atoms with Crippen molar-refractivity contribution in [3.05, 3.63) is 60.3 Å². The first kappa shape index (κ1) is 13.7. The number of azo groups is 1. The molecule has 0 aliphatic heterocycles. The number of hydrogen-bond donors (Lipinski definition) is 0. The van der Waals surface area contributed by atoms with Gasteiger partial charge < -0.3 is 4.42 Å². The summed E-state index contributed by atoms with van der Waals surface area (Å²) in [5, 5.41) is 9.37. The van der Waals surface area contributed by atoms with Gasteiger partial charge in [-0.15, -0.1) is 11.3 Å². The van der Waals surface area contributed by atoms with Crippen LogP contribution in [0.15, 0.2) is 70.0 Å².